The molecule has 1 unspecified atom stereocenters. The first-order valence-electron chi connectivity index (χ1n) is 11.7. The molecule has 2 aromatic rings. The molecular formula is C24H29N5O6S. The highest BCUT2D eigenvalue weighted by Crippen LogP contribution is 2.23. The number of fused-ring (bicyclic) bond motifs is 1. The maximum atomic E-state index is 13.0. The van der Waals surface area contributed by atoms with Crippen LogP contribution in [0.25, 0.3) is 0 Å². The second-order valence-corrected chi connectivity index (χ2v) is 10.6. The molecule has 2 aliphatic rings. The lowest BCUT2D eigenvalue weighted by atomic mass is 10.1. The van der Waals surface area contributed by atoms with Gasteiger partial charge in [-0.1, -0.05) is 12.1 Å². The number of carbonyl (C=O) groups is 3. The van der Waals surface area contributed by atoms with Crippen LogP contribution in [0.5, 0.6) is 0 Å². The summed E-state index contributed by atoms with van der Waals surface area (Å²) in [5.41, 5.74) is 3.02. The number of imide groups is 1. The van der Waals surface area contributed by atoms with Gasteiger partial charge in [-0.15, -0.1) is 0 Å². The van der Waals surface area contributed by atoms with E-state index in [1.165, 1.54) is 17.6 Å². The largest absolute Gasteiger partial charge is 0.369 e. The van der Waals surface area contributed by atoms with Crippen molar-refractivity contribution in [3.63, 3.8) is 0 Å². The lowest BCUT2D eigenvalue weighted by Crippen LogP contribution is -2.46. The van der Waals surface area contributed by atoms with Gasteiger partial charge in [-0.05, 0) is 56.3 Å². The summed E-state index contributed by atoms with van der Waals surface area (Å²) in [6.07, 6.45) is 0.104. The summed E-state index contributed by atoms with van der Waals surface area (Å²) in [7, 11) is -2.03. The second-order valence-electron chi connectivity index (χ2n) is 8.88. The highest BCUT2D eigenvalue weighted by molar-refractivity contribution is 7.89. The molecule has 36 heavy (non-hydrogen) atoms. The summed E-state index contributed by atoms with van der Waals surface area (Å²) in [5.74, 6) is -1.80. The molecule has 1 saturated heterocycles. The first-order valence-corrected chi connectivity index (χ1v) is 13.1. The van der Waals surface area contributed by atoms with E-state index < -0.39 is 33.8 Å². The fourth-order valence-corrected chi connectivity index (χ4v) is 5.60. The molecule has 2 aliphatic heterocycles. The maximum Gasteiger partial charge on any atom is 0.261 e. The highest BCUT2D eigenvalue weighted by Gasteiger charge is 2.35. The van der Waals surface area contributed by atoms with E-state index in [9.17, 15) is 22.8 Å². The summed E-state index contributed by atoms with van der Waals surface area (Å²) in [4.78, 5) is 42.7. The van der Waals surface area contributed by atoms with Gasteiger partial charge < -0.3 is 9.80 Å². The lowest BCUT2D eigenvalue weighted by molar-refractivity contribution is -0.131. The normalized spacial score (nSPS) is 17.3. The third kappa shape index (κ3) is 5.41. The van der Waals surface area contributed by atoms with Gasteiger partial charge in [0.2, 0.25) is 10.0 Å². The Hall–Kier alpha value is -3.32. The molecule has 3 N–H and O–H groups in total. The van der Waals surface area contributed by atoms with E-state index in [1.54, 1.807) is 36.4 Å². The molecule has 11 nitrogen and oxygen atoms in total. The number of amides is 3. The minimum absolute atomic E-state index is 0.00298. The fourth-order valence-electron chi connectivity index (χ4n) is 4.37. The van der Waals surface area contributed by atoms with Gasteiger partial charge in [0.1, 0.15) is 6.04 Å². The number of hydrogen-bond acceptors (Lipinski definition) is 8. The van der Waals surface area contributed by atoms with Crippen molar-refractivity contribution in [2.45, 2.75) is 23.8 Å². The van der Waals surface area contributed by atoms with E-state index in [2.05, 4.69) is 21.6 Å². The van der Waals surface area contributed by atoms with E-state index >= 15 is 0 Å². The van der Waals surface area contributed by atoms with Crippen molar-refractivity contribution >= 4 is 33.4 Å². The van der Waals surface area contributed by atoms with E-state index in [0.29, 0.717) is 11.1 Å². The zero-order valence-electron chi connectivity index (χ0n) is 19.9. The summed E-state index contributed by atoms with van der Waals surface area (Å²) < 4.78 is 28.2. The summed E-state index contributed by atoms with van der Waals surface area (Å²) >= 11 is 0. The van der Waals surface area contributed by atoms with Gasteiger partial charge in [0.25, 0.3) is 17.7 Å². The first-order chi connectivity index (χ1) is 17.2. The second kappa shape index (κ2) is 10.7. The number of rotatable bonds is 9. The number of nitrogens with zero attached hydrogens (tertiary/aromatic N) is 3. The molecule has 192 valence electrons. The Morgan fingerprint density at radius 1 is 0.972 bits per heavy atom. The first kappa shape index (κ1) is 25.8. The molecule has 1 atom stereocenters. The molecule has 0 saturated carbocycles. The molecule has 12 heteroatoms. The molecule has 0 spiro atoms. The third-order valence-electron chi connectivity index (χ3n) is 6.49. The number of anilines is 1. The van der Waals surface area contributed by atoms with Crippen molar-refractivity contribution < 1.29 is 28.0 Å². The Morgan fingerprint density at radius 2 is 1.56 bits per heavy atom. The van der Waals surface area contributed by atoms with E-state index in [1.807, 2.05) is 0 Å². The zero-order chi connectivity index (χ0) is 25.9. The number of likely N-dealkylation sites (N-methyl/N-ethyl adjacent to an activating group) is 1. The molecule has 2 heterocycles. The van der Waals surface area contributed by atoms with Crippen molar-refractivity contribution in [2.24, 2.45) is 0 Å². The van der Waals surface area contributed by atoms with Crippen LogP contribution in [-0.4, -0.2) is 87.0 Å². The minimum Gasteiger partial charge on any atom is -0.369 e. The number of hydroxylamine groups is 1. The molecule has 0 aromatic heterocycles. The Bertz CT molecular complexity index is 1210. The van der Waals surface area contributed by atoms with Gasteiger partial charge in [-0.3, -0.25) is 24.5 Å². The minimum atomic E-state index is -4.08. The maximum absolute atomic E-state index is 13.0. The van der Waals surface area contributed by atoms with E-state index in [0.717, 1.165) is 36.8 Å². The predicted molar refractivity (Wildman–Crippen MR) is 131 cm³/mol. The Labute approximate surface area is 209 Å². The standard InChI is InChI=1S/C24H29N5O6S/c1-27-13-15-28(16-14-27)17-8-10-18(11-9-17)36(34,35)26-21(22(30)25-33)7-4-12-29-23(31)19-5-2-3-6-20(19)24(29)32/h2-3,5-6,8-11,21,26,33H,4,7,12-16H2,1H3,(H,25,30). The number of hydrogen-bond donors (Lipinski definition) is 3. The fraction of sp³-hybridized carbons (Fsp3) is 0.375. The average Bonchev–Trinajstić information content (AvgIpc) is 3.13. The molecular weight excluding hydrogens is 486 g/mol. The Kier molecular flexibility index (Phi) is 7.69. The summed E-state index contributed by atoms with van der Waals surface area (Å²) in [5, 5.41) is 9.12. The molecule has 3 amide bonds. The number of nitrogens with one attached hydrogen (secondary N) is 2. The van der Waals surface area contributed by atoms with Crippen LogP contribution in [0.3, 0.4) is 0 Å². The number of benzene rings is 2. The summed E-state index contributed by atoms with van der Waals surface area (Å²) in [6.45, 7) is 3.52. The van der Waals surface area contributed by atoms with Crippen LogP contribution in [-0.2, 0) is 14.8 Å². The molecule has 2 aromatic carbocycles. The highest BCUT2D eigenvalue weighted by atomic mass is 32.2. The smallest absolute Gasteiger partial charge is 0.261 e. The molecule has 0 bridgehead atoms. The number of sulfonamides is 1. The van der Waals surface area contributed by atoms with Crippen molar-refractivity contribution in [2.75, 3.05) is 44.7 Å². The lowest BCUT2D eigenvalue weighted by Gasteiger charge is -2.34. The molecule has 0 radical (unpaired) electrons. The van der Waals surface area contributed by atoms with Crippen LogP contribution in [0.4, 0.5) is 5.69 Å². The topological polar surface area (TPSA) is 139 Å². The van der Waals surface area contributed by atoms with Crippen LogP contribution in [0.15, 0.2) is 53.4 Å². The quantitative estimate of drug-likeness (QED) is 0.252. The van der Waals surface area contributed by atoms with Crippen LogP contribution in [0.2, 0.25) is 0 Å². The molecule has 0 aliphatic carbocycles. The van der Waals surface area contributed by atoms with Gasteiger partial charge in [0, 0.05) is 38.4 Å². The van der Waals surface area contributed by atoms with Crippen LogP contribution >= 0.6 is 0 Å². The van der Waals surface area contributed by atoms with Crippen LogP contribution in [0, 0.1) is 0 Å². The average molecular weight is 516 g/mol. The Balaban J connectivity index is 1.38. The van der Waals surface area contributed by atoms with Crippen LogP contribution in [0.1, 0.15) is 33.6 Å². The Morgan fingerprint density at radius 3 is 2.11 bits per heavy atom. The van der Waals surface area contributed by atoms with Crippen molar-refractivity contribution in [1.82, 2.24) is 20.0 Å². The van der Waals surface area contributed by atoms with Gasteiger partial charge in [-0.25, -0.2) is 13.9 Å². The van der Waals surface area contributed by atoms with E-state index in [4.69, 9.17) is 5.21 Å². The molecule has 1 fully saturated rings. The SMILES string of the molecule is CN1CCN(c2ccc(S(=O)(=O)NC(CCCN3C(=O)c4ccccc4C3=O)C(=O)NO)cc2)CC1. The van der Waals surface area contributed by atoms with Crippen molar-refractivity contribution in [1.29, 1.82) is 0 Å². The van der Waals surface area contributed by atoms with Crippen molar-refractivity contribution in [3.05, 3.63) is 59.7 Å². The van der Waals surface area contributed by atoms with Gasteiger partial charge in [0.15, 0.2) is 0 Å². The van der Waals surface area contributed by atoms with E-state index in [-0.39, 0.29) is 24.3 Å². The number of carbonyl (C=O) groups excluding carboxylic acids is 3. The predicted octanol–water partition coefficient (Wildman–Crippen LogP) is 0.667. The molecule has 4 rings (SSSR count). The van der Waals surface area contributed by atoms with Gasteiger partial charge in [-0.2, -0.15) is 4.72 Å². The van der Waals surface area contributed by atoms with Crippen molar-refractivity contribution in [3.8, 4) is 0 Å². The monoisotopic (exact) mass is 515 g/mol. The van der Waals surface area contributed by atoms with Crippen LogP contribution < -0.4 is 15.1 Å². The number of piperazine rings is 1. The summed E-state index contributed by atoms with van der Waals surface area (Å²) in [6, 6.07) is 11.6. The zero-order valence-corrected chi connectivity index (χ0v) is 20.7. The third-order valence-corrected chi connectivity index (χ3v) is 7.98. The van der Waals surface area contributed by atoms with Gasteiger partial charge >= 0.3 is 0 Å². The van der Waals surface area contributed by atoms with Gasteiger partial charge in [0.05, 0.1) is 16.0 Å².